The summed E-state index contributed by atoms with van der Waals surface area (Å²) >= 11 is 4.68. The van der Waals surface area contributed by atoms with Gasteiger partial charge in [0.15, 0.2) is 0 Å². The zero-order chi connectivity index (χ0) is 6.91. The van der Waals surface area contributed by atoms with E-state index in [1.54, 1.807) is 0 Å². The summed E-state index contributed by atoms with van der Waals surface area (Å²) in [6.45, 7) is 4.57. The lowest BCUT2D eigenvalue weighted by molar-refractivity contribution is 0.459. The van der Waals surface area contributed by atoms with Gasteiger partial charge < -0.3 is 0 Å². The van der Waals surface area contributed by atoms with E-state index >= 15 is 0 Å². The van der Waals surface area contributed by atoms with Gasteiger partial charge in [-0.15, -0.1) is 0 Å². The van der Waals surface area contributed by atoms with Gasteiger partial charge in [0.05, 0.1) is 0 Å². The van der Waals surface area contributed by atoms with Crippen LogP contribution in [0, 0.1) is 5.92 Å². The molecule has 1 saturated carbocycles. The van der Waals surface area contributed by atoms with E-state index in [-0.39, 0.29) is 0 Å². The van der Waals surface area contributed by atoms with Gasteiger partial charge in [-0.25, -0.2) is 0 Å². The van der Waals surface area contributed by atoms with Crippen LogP contribution in [0.25, 0.3) is 0 Å². The molecule has 1 aliphatic rings. The van der Waals surface area contributed by atoms with E-state index in [1.807, 2.05) is 0 Å². The van der Waals surface area contributed by atoms with Crippen LogP contribution in [0.3, 0.4) is 0 Å². The highest BCUT2D eigenvalue weighted by Crippen LogP contribution is 2.42. The van der Waals surface area contributed by atoms with Gasteiger partial charge in [-0.2, -0.15) is 12.6 Å². The molecule has 0 aromatic heterocycles. The molecule has 2 unspecified atom stereocenters. The number of thiol groups is 1. The van der Waals surface area contributed by atoms with Crippen molar-refractivity contribution in [1.29, 1.82) is 0 Å². The van der Waals surface area contributed by atoms with Crippen molar-refractivity contribution in [2.24, 2.45) is 5.92 Å². The second-order valence-corrected chi connectivity index (χ2v) is 4.14. The van der Waals surface area contributed by atoms with Crippen molar-refractivity contribution in [2.45, 2.75) is 44.3 Å². The molecular formula is C8H16S. The Bertz CT molecular complexity index is 101. The van der Waals surface area contributed by atoms with E-state index in [0.717, 1.165) is 5.92 Å². The van der Waals surface area contributed by atoms with Gasteiger partial charge in [0.2, 0.25) is 0 Å². The third-order valence-corrected chi connectivity index (χ3v) is 3.76. The lowest BCUT2D eigenvalue weighted by atomic mass is 9.94. The van der Waals surface area contributed by atoms with Crippen LogP contribution in [-0.2, 0) is 0 Å². The summed E-state index contributed by atoms with van der Waals surface area (Å²) in [5, 5.41) is 0. The Labute approximate surface area is 63.4 Å². The second-order valence-electron chi connectivity index (χ2n) is 3.25. The second kappa shape index (κ2) is 2.53. The predicted octanol–water partition coefficient (Wildman–Crippen LogP) is 2.89. The van der Waals surface area contributed by atoms with Crippen molar-refractivity contribution >= 4 is 12.6 Å². The van der Waals surface area contributed by atoms with Gasteiger partial charge in [-0.05, 0) is 25.2 Å². The number of hydrogen-bond donors (Lipinski definition) is 1. The first-order valence-electron chi connectivity index (χ1n) is 3.91. The Hall–Kier alpha value is 0.350. The fourth-order valence-corrected chi connectivity index (χ4v) is 2.04. The Morgan fingerprint density at radius 1 is 1.67 bits per heavy atom. The molecule has 0 heterocycles. The lowest BCUT2D eigenvalue weighted by Gasteiger charge is -2.25. The van der Waals surface area contributed by atoms with Gasteiger partial charge in [-0.1, -0.05) is 20.3 Å². The Morgan fingerprint density at radius 3 is 2.56 bits per heavy atom. The summed E-state index contributed by atoms with van der Waals surface area (Å²) in [6.07, 6.45) is 5.33. The quantitative estimate of drug-likeness (QED) is 0.537. The molecule has 1 heteroatoms. The maximum absolute atomic E-state index is 4.68. The van der Waals surface area contributed by atoms with Crippen LogP contribution in [0.1, 0.15) is 39.5 Å². The minimum atomic E-state index is 0.389. The van der Waals surface area contributed by atoms with Crippen LogP contribution in [0.15, 0.2) is 0 Å². The maximum Gasteiger partial charge on any atom is 0.0152 e. The summed E-state index contributed by atoms with van der Waals surface area (Å²) in [4.78, 5) is 0. The first-order chi connectivity index (χ1) is 4.19. The molecule has 0 radical (unpaired) electrons. The molecule has 0 N–H and O–H groups in total. The van der Waals surface area contributed by atoms with Gasteiger partial charge >= 0.3 is 0 Å². The first kappa shape index (κ1) is 7.46. The maximum atomic E-state index is 4.68. The smallest absolute Gasteiger partial charge is 0.0152 e. The third kappa shape index (κ3) is 1.26. The van der Waals surface area contributed by atoms with E-state index in [4.69, 9.17) is 0 Å². The zero-order valence-corrected chi connectivity index (χ0v) is 7.25. The summed E-state index contributed by atoms with van der Waals surface area (Å²) in [5.74, 6) is 0.839. The van der Waals surface area contributed by atoms with E-state index < -0.39 is 0 Å². The molecule has 0 aliphatic heterocycles. The van der Waals surface area contributed by atoms with E-state index in [2.05, 4.69) is 26.5 Å². The average Bonchev–Trinajstić information content (AvgIpc) is 2.15. The predicted molar refractivity (Wildman–Crippen MR) is 45.0 cm³/mol. The molecule has 0 aromatic carbocycles. The van der Waals surface area contributed by atoms with Gasteiger partial charge in [0, 0.05) is 4.75 Å². The number of hydrogen-bond acceptors (Lipinski definition) is 1. The van der Waals surface area contributed by atoms with Gasteiger partial charge in [0.25, 0.3) is 0 Å². The Balaban J connectivity index is 2.56. The van der Waals surface area contributed by atoms with E-state index in [1.165, 1.54) is 25.7 Å². The molecule has 9 heavy (non-hydrogen) atoms. The van der Waals surface area contributed by atoms with Gasteiger partial charge in [0.1, 0.15) is 0 Å². The van der Waals surface area contributed by atoms with E-state index in [9.17, 15) is 0 Å². The van der Waals surface area contributed by atoms with Crippen LogP contribution in [0.5, 0.6) is 0 Å². The molecule has 0 nitrogen and oxygen atoms in total. The number of rotatable bonds is 1. The van der Waals surface area contributed by atoms with Crippen LogP contribution < -0.4 is 0 Å². The molecule has 0 bridgehead atoms. The van der Waals surface area contributed by atoms with E-state index in [0.29, 0.717) is 4.75 Å². The molecule has 1 aliphatic carbocycles. The molecular weight excluding hydrogens is 128 g/mol. The monoisotopic (exact) mass is 144 g/mol. The van der Waals surface area contributed by atoms with Crippen LogP contribution in [0.2, 0.25) is 0 Å². The summed E-state index contributed by atoms with van der Waals surface area (Å²) < 4.78 is 0.389. The summed E-state index contributed by atoms with van der Waals surface area (Å²) in [7, 11) is 0. The van der Waals surface area contributed by atoms with Crippen molar-refractivity contribution in [3.8, 4) is 0 Å². The molecule has 0 saturated heterocycles. The molecule has 2 atom stereocenters. The van der Waals surface area contributed by atoms with Crippen molar-refractivity contribution < 1.29 is 0 Å². The minimum Gasteiger partial charge on any atom is -0.172 e. The summed E-state index contributed by atoms with van der Waals surface area (Å²) in [6, 6.07) is 0. The molecule has 0 spiro atoms. The molecule has 54 valence electrons. The zero-order valence-electron chi connectivity index (χ0n) is 6.35. The molecule has 1 fully saturated rings. The highest BCUT2D eigenvalue weighted by molar-refractivity contribution is 7.81. The molecule has 0 aromatic rings. The van der Waals surface area contributed by atoms with Crippen LogP contribution in [-0.4, -0.2) is 4.75 Å². The van der Waals surface area contributed by atoms with Crippen LogP contribution in [0.4, 0.5) is 0 Å². The molecule has 1 rings (SSSR count). The minimum absolute atomic E-state index is 0.389. The third-order valence-electron chi connectivity index (χ3n) is 2.78. The van der Waals surface area contributed by atoms with Crippen molar-refractivity contribution in [3.05, 3.63) is 0 Å². The van der Waals surface area contributed by atoms with Crippen molar-refractivity contribution in [1.82, 2.24) is 0 Å². The SMILES string of the molecule is CCC1(S)CCCC1C. The largest absolute Gasteiger partial charge is 0.172 e. The summed E-state index contributed by atoms with van der Waals surface area (Å²) in [5.41, 5.74) is 0. The average molecular weight is 144 g/mol. The Morgan fingerprint density at radius 2 is 2.33 bits per heavy atom. The highest BCUT2D eigenvalue weighted by atomic mass is 32.1. The van der Waals surface area contributed by atoms with Crippen molar-refractivity contribution in [2.75, 3.05) is 0 Å². The normalized spacial score (nSPS) is 43.7. The fraction of sp³-hybridized carbons (Fsp3) is 1.00. The highest BCUT2D eigenvalue weighted by Gasteiger charge is 2.34. The topological polar surface area (TPSA) is 0 Å². The standard InChI is InChI=1S/C8H16S/c1-3-8(9)6-4-5-7(8)2/h7,9H,3-6H2,1-2H3. The van der Waals surface area contributed by atoms with Gasteiger partial charge in [-0.3, -0.25) is 0 Å². The molecule has 0 amide bonds. The van der Waals surface area contributed by atoms with Crippen LogP contribution >= 0.6 is 12.6 Å². The first-order valence-corrected chi connectivity index (χ1v) is 4.36. The van der Waals surface area contributed by atoms with Crippen molar-refractivity contribution in [3.63, 3.8) is 0 Å². The Kier molecular flexibility index (Phi) is 2.10. The lowest BCUT2D eigenvalue weighted by Crippen LogP contribution is -2.22. The fourth-order valence-electron chi connectivity index (χ4n) is 1.75.